The van der Waals surface area contributed by atoms with Gasteiger partial charge in [-0.3, -0.25) is 4.79 Å². The van der Waals surface area contributed by atoms with Gasteiger partial charge in [0, 0.05) is 26.7 Å². The number of carbonyl (C=O) groups is 1. The van der Waals surface area contributed by atoms with Gasteiger partial charge in [-0.25, -0.2) is 8.78 Å². The summed E-state index contributed by atoms with van der Waals surface area (Å²) in [4.78, 5) is 12.7. The van der Waals surface area contributed by atoms with Crippen molar-refractivity contribution in [2.75, 3.05) is 26.5 Å². The van der Waals surface area contributed by atoms with E-state index >= 15 is 0 Å². The van der Waals surface area contributed by atoms with E-state index in [-0.39, 0.29) is 11.3 Å². The van der Waals surface area contributed by atoms with Gasteiger partial charge in [-0.15, -0.1) is 0 Å². The molecule has 0 saturated carbocycles. The Morgan fingerprint density at radius 2 is 1.73 bits per heavy atom. The van der Waals surface area contributed by atoms with E-state index in [0.717, 1.165) is 12.1 Å². The highest BCUT2D eigenvalue weighted by atomic mass is 19.1. The fraction of sp³-hybridized carbons (Fsp3) is 0.300. The second-order valence-electron chi connectivity index (χ2n) is 3.26. The number of anilines is 1. The van der Waals surface area contributed by atoms with Crippen molar-refractivity contribution in [3.05, 3.63) is 29.3 Å². The molecule has 82 valence electrons. The second kappa shape index (κ2) is 4.25. The summed E-state index contributed by atoms with van der Waals surface area (Å²) < 4.78 is 26.5. The summed E-state index contributed by atoms with van der Waals surface area (Å²) in [6.45, 7) is 0. The Morgan fingerprint density at radius 1 is 1.27 bits per heavy atom. The summed E-state index contributed by atoms with van der Waals surface area (Å²) in [5.74, 6) is -1.99. The van der Waals surface area contributed by atoms with Crippen LogP contribution in [0.1, 0.15) is 10.4 Å². The fourth-order valence-electron chi connectivity index (χ4n) is 1.19. The Labute approximate surface area is 86.7 Å². The van der Waals surface area contributed by atoms with E-state index in [2.05, 4.69) is 5.32 Å². The number of hydrogen-bond acceptors (Lipinski definition) is 2. The van der Waals surface area contributed by atoms with Crippen molar-refractivity contribution < 1.29 is 13.6 Å². The van der Waals surface area contributed by atoms with Crippen LogP contribution in [0.4, 0.5) is 14.5 Å². The molecule has 1 rings (SSSR count). The van der Waals surface area contributed by atoms with E-state index < -0.39 is 17.5 Å². The second-order valence-corrected chi connectivity index (χ2v) is 3.26. The molecular formula is C10H12F2N2O. The predicted octanol–water partition coefficient (Wildman–Crippen LogP) is 1.71. The Hall–Kier alpha value is -1.65. The van der Waals surface area contributed by atoms with Gasteiger partial charge in [-0.05, 0) is 12.1 Å². The summed E-state index contributed by atoms with van der Waals surface area (Å²) in [5.41, 5.74) is -0.237. The van der Waals surface area contributed by atoms with Gasteiger partial charge < -0.3 is 10.2 Å². The van der Waals surface area contributed by atoms with Crippen molar-refractivity contribution in [3.8, 4) is 0 Å². The predicted molar refractivity (Wildman–Crippen MR) is 53.9 cm³/mol. The van der Waals surface area contributed by atoms with Crippen molar-refractivity contribution in [1.29, 1.82) is 0 Å². The number of nitrogens with one attached hydrogen (secondary N) is 1. The number of carbonyl (C=O) groups excluding carboxylic acids is 1. The molecule has 0 heterocycles. The lowest BCUT2D eigenvalue weighted by Crippen LogP contribution is -2.22. The molecule has 0 aliphatic heterocycles. The first-order valence-electron chi connectivity index (χ1n) is 4.35. The molecular weight excluding hydrogens is 202 g/mol. The van der Waals surface area contributed by atoms with E-state index in [1.54, 1.807) is 0 Å². The quantitative estimate of drug-likeness (QED) is 0.812. The van der Waals surface area contributed by atoms with E-state index in [0.29, 0.717) is 0 Å². The van der Waals surface area contributed by atoms with Gasteiger partial charge in [0.25, 0.3) is 5.91 Å². The van der Waals surface area contributed by atoms with Crippen molar-refractivity contribution in [1.82, 2.24) is 4.90 Å². The van der Waals surface area contributed by atoms with Gasteiger partial charge in [0.15, 0.2) is 0 Å². The minimum absolute atomic E-state index is 0.00556. The third-order valence-electron chi connectivity index (χ3n) is 1.95. The highest BCUT2D eigenvalue weighted by molar-refractivity contribution is 5.94. The maximum atomic E-state index is 13.3. The Kier molecular flexibility index (Phi) is 3.24. The van der Waals surface area contributed by atoms with Gasteiger partial charge in [0.2, 0.25) is 0 Å². The van der Waals surface area contributed by atoms with Gasteiger partial charge in [-0.1, -0.05) is 0 Å². The van der Waals surface area contributed by atoms with Crippen molar-refractivity contribution in [2.45, 2.75) is 0 Å². The summed E-state index contributed by atoms with van der Waals surface area (Å²) in [6.07, 6.45) is 0. The first-order valence-corrected chi connectivity index (χ1v) is 4.35. The van der Waals surface area contributed by atoms with Crippen LogP contribution in [0.25, 0.3) is 0 Å². The highest BCUT2D eigenvalue weighted by Gasteiger charge is 2.15. The van der Waals surface area contributed by atoms with Gasteiger partial charge in [0.05, 0.1) is 0 Å². The molecule has 1 amide bonds. The number of nitrogens with zero attached hydrogens (tertiary/aromatic N) is 1. The Morgan fingerprint density at radius 3 is 2.07 bits per heavy atom. The van der Waals surface area contributed by atoms with E-state index in [1.807, 2.05) is 0 Å². The summed E-state index contributed by atoms with van der Waals surface area (Å²) in [5, 5.41) is 2.38. The van der Waals surface area contributed by atoms with Gasteiger partial charge in [-0.2, -0.15) is 0 Å². The van der Waals surface area contributed by atoms with Crippen LogP contribution >= 0.6 is 0 Å². The Bertz CT molecular complexity index is 368. The zero-order valence-electron chi connectivity index (χ0n) is 8.77. The smallest absolute Gasteiger partial charge is 0.253 e. The summed E-state index contributed by atoms with van der Waals surface area (Å²) >= 11 is 0. The number of rotatable bonds is 2. The maximum Gasteiger partial charge on any atom is 0.253 e. The number of benzene rings is 1. The molecule has 0 atom stereocenters. The van der Waals surface area contributed by atoms with Crippen LogP contribution in [0.2, 0.25) is 0 Å². The fourth-order valence-corrected chi connectivity index (χ4v) is 1.19. The third-order valence-corrected chi connectivity index (χ3v) is 1.95. The first-order chi connectivity index (χ1) is 6.97. The topological polar surface area (TPSA) is 32.3 Å². The minimum Gasteiger partial charge on any atom is -0.383 e. The van der Waals surface area contributed by atoms with Crippen LogP contribution < -0.4 is 5.32 Å². The average Bonchev–Trinajstić information content (AvgIpc) is 2.15. The molecule has 0 fully saturated rings. The van der Waals surface area contributed by atoms with Crippen LogP contribution in [0, 0.1) is 11.6 Å². The molecule has 1 N–H and O–H groups in total. The van der Waals surface area contributed by atoms with Crippen LogP contribution in [-0.4, -0.2) is 32.0 Å². The van der Waals surface area contributed by atoms with Crippen LogP contribution in [0.5, 0.6) is 0 Å². The summed E-state index contributed by atoms with van der Waals surface area (Å²) in [6, 6.07) is 2.02. The van der Waals surface area contributed by atoms with Crippen molar-refractivity contribution >= 4 is 11.6 Å². The molecule has 0 radical (unpaired) electrons. The maximum absolute atomic E-state index is 13.3. The largest absolute Gasteiger partial charge is 0.383 e. The van der Waals surface area contributed by atoms with Crippen LogP contribution in [0.15, 0.2) is 12.1 Å². The SMILES string of the molecule is CNc1c(F)cc(C(=O)N(C)C)cc1F. The minimum atomic E-state index is -0.775. The van der Waals surface area contributed by atoms with Crippen molar-refractivity contribution in [3.63, 3.8) is 0 Å². The first kappa shape index (κ1) is 11.4. The number of hydrogen-bond donors (Lipinski definition) is 1. The molecule has 5 heteroatoms. The molecule has 0 aromatic heterocycles. The third kappa shape index (κ3) is 2.23. The summed E-state index contributed by atoms with van der Waals surface area (Å²) in [7, 11) is 4.45. The monoisotopic (exact) mass is 214 g/mol. The number of amides is 1. The van der Waals surface area contributed by atoms with E-state index in [1.165, 1.54) is 26.0 Å². The molecule has 15 heavy (non-hydrogen) atoms. The standard InChI is InChI=1S/C10H12F2N2O/c1-13-9-7(11)4-6(5-8(9)12)10(15)14(2)3/h4-5,13H,1-3H3. The van der Waals surface area contributed by atoms with Crippen LogP contribution in [-0.2, 0) is 0 Å². The van der Waals surface area contributed by atoms with Gasteiger partial charge in [0.1, 0.15) is 17.3 Å². The molecule has 0 unspecified atom stereocenters. The Balaban J connectivity index is 3.20. The lowest BCUT2D eigenvalue weighted by molar-refractivity contribution is 0.0826. The molecule has 1 aromatic carbocycles. The molecule has 0 spiro atoms. The van der Waals surface area contributed by atoms with Crippen molar-refractivity contribution in [2.24, 2.45) is 0 Å². The zero-order valence-corrected chi connectivity index (χ0v) is 8.77. The molecule has 0 saturated heterocycles. The molecule has 0 bridgehead atoms. The molecule has 0 aliphatic carbocycles. The zero-order chi connectivity index (χ0) is 11.6. The molecule has 1 aromatic rings. The normalized spacial score (nSPS) is 9.93. The molecule has 0 aliphatic rings. The lowest BCUT2D eigenvalue weighted by Gasteiger charge is -2.11. The highest BCUT2D eigenvalue weighted by Crippen LogP contribution is 2.20. The number of halogens is 2. The van der Waals surface area contributed by atoms with Gasteiger partial charge >= 0.3 is 0 Å². The van der Waals surface area contributed by atoms with E-state index in [4.69, 9.17) is 0 Å². The average molecular weight is 214 g/mol. The van der Waals surface area contributed by atoms with E-state index in [9.17, 15) is 13.6 Å². The lowest BCUT2D eigenvalue weighted by atomic mass is 10.1. The molecule has 3 nitrogen and oxygen atoms in total. The van der Waals surface area contributed by atoms with Crippen LogP contribution in [0.3, 0.4) is 0 Å².